The second-order valence-corrected chi connectivity index (χ2v) is 8.33. The van der Waals surface area contributed by atoms with Crippen LogP contribution in [0.25, 0.3) is 11.0 Å². The van der Waals surface area contributed by atoms with Crippen molar-refractivity contribution in [2.45, 2.75) is 45.8 Å². The minimum atomic E-state index is -0.319. The largest absolute Gasteiger partial charge is 0.462 e. The lowest BCUT2D eigenvalue weighted by molar-refractivity contribution is -0.148. The number of hydrogen-bond donors (Lipinski definition) is 0. The number of amides is 1. The number of anilines is 1. The first-order valence-electron chi connectivity index (χ1n) is 10.0. The van der Waals surface area contributed by atoms with Crippen LogP contribution in [0.15, 0.2) is 42.5 Å². The van der Waals surface area contributed by atoms with Crippen molar-refractivity contribution in [3.05, 3.63) is 58.9 Å². The average molecular weight is 426 g/mol. The fourth-order valence-electron chi connectivity index (χ4n) is 3.88. The molecule has 1 saturated heterocycles. The molecule has 0 spiro atoms. The first-order chi connectivity index (χ1) is 14.3. The summed E-state index contributed by atoms with van der Waals surface area (Å²) in [4.78, 5) is 31.7. The van der Waals surface area contributed by atoms with Crippen LogP contribution in [0.5, 0.6) is 0 Å². The molecule has 1 amide bonds. The van der Waals surface area contributed by atoms with E-state index in [0.717, 1.165) is 28.1 Å². The number of imidazole rings is 1. The Morgan fingerprint density at radius 1 is 1.27 bits per heavy atom. The smallest absolute Gasteiger partial charge is 0.326 e. The Morgan fingerprint density at radius 2 is 2.03 bits per heavy atom. The number of para-hydroxylation sites is 2. The minimum absolute atomic E-state index is 0.0169. The van der Waals surface area contributed by atoms with E-state index in [1.807, 2.05) is 67.8 Å². The zero-order valence-electron chi connectivity index (χ0n) is 17.3. The minimum Gasteiger partial charge on any atom is -0.462 e. The molecule has 0 N–H and O–H groups in total. The highest BCUT2D eigenvalue weighted by atomic mass is 35.5. The first kappa shape index (κ1) is 20.4. The Morgan fingerprint density at radius 3 is 2.77 bits per heavy atom. The molecule has 6 nitrogen and oxygen atoms in total. The number of nitrogens with zero attached hydrogens (tertiary/aromatic N) is 3. The number of halogens is 1. The second kappa shape index (κ2) is 8.11. The molecule has 1 atom stereocenters. The predicted molar refractivity (Wildman–Crippen MR) is 117 cm³/mol. The van der Waals surface area contributed by atoms with E-state index in [1.54, 1.807) is 4.90 Å². The third kappa shape index (κ3) is 3.92. The van der Waals surface area contributed by atoms with E-state index in [1.165, 1.54) is 0 Å². The quantitative estimate of drug-likeness (QED) is 0.566. The molecular formula is C23H24ClN3O3. The molecule has 30 heavy (non-hydrogen) atoms. The molecule has 0 saturated carbocycles. The van der Waals surface area contributed by atoms with Gasteiger partial charge in [0, 0.05) is 29.6 Å². The molecule has 3 aromatic rings. The zero-order chi connectivity index (χ0) is 21.4. The molecule has 0 unspecified atom stereocenters. The second-order valence-electron chi connectivity index (χ2n) is 7.92. The molecular weight excluding hydrogens is 402 g/mol. The zero-order valence-corrected chi connectivity index (χ0v) is 18.0. The normalized spacial score (nSPS) is 16.6. The maximum atomic E-state index is 12.8. The highest BCUT2D eigenvalue weighted by Crippen LogP contribution is 2.34. The molecule has 7 heteroatoms. The van der Waals surface area contributed by atoms with Gasteiger partial charge in [0.2, 0.25) is 5.91 Å². The number of benzene rings is 2. The average Bonchev–Trinajstić information content (AvgIpc) is 3.24. The maximum absolute atomic E-state index is 12.8. The maximum Gasteiger partial charge on any atom is 0.326 e. The van der Waals surface area contributed by atoms with Crippen LogP contribution in [0.2, 0.25) is 5.02 Å². The van der Waals surface area contributed by atoms with Gasteiger partial charge in [0.15, 0.2) is 0 Å². The van der Waals surface area contributed by atoms with Gasteiger partial charge in [0.05, 0.1) is 17.1 Å². The van der Waals surface area contributed by atoms with Crippen molar-refractivity contribution >= 4 is 40.2 Å². The van der Waals surface area contributed by atoms with E-state index in [2.05, 4.69) is 0 Å². The van der Waals surface area contributed by atoms with Crippen LogP contribution in [0.1, 0.15) is 37.6 Å². The fourth-order valence-corrected chi connectivity index (χ4v) is 4.06. The van der Waals surface area contributed by atoms with Gasteiger partial charge in [-0.3, -0.25) is 9.59 Å². The van der Waals surface area contributed by atoms with E-state index < -0.39 is 0 Å². The van der Waals surface area contributed by atoms with Gasteiger partial charge in [-0.05, 0) is 50.6 Å². The number of hydrogen-bond acceptors (Lipinski definition) is 4. The lowest BCUT2D eigenvalue weighted by atomic mass is 10.1. The summed E-state index contributed by atoms with van der Waals surface area (Å²) in [6.07, 6.45) is 0.138. The topological polar surface area (TPSA) is 64.4 Å². The Bertz CT molecular complexity index is 1120. The highest BCUT2D eigenvalue weighted by Gasteiger charge is 2.35. The number of aromatic nitrogens is 2. The van der Waals surface area contributed by atoms with Crippen LogP contribution in [0.3, 0.4) is 0 Å². The van der Waals surface area contributed by atoms with E-state index in [4.69, 9.17) is 21.3 Å². The summed E-state index contributed by atoms with van der Waals surface area (Å²) in [5, 5.41) is 0.632. The van der Waals surface area contributed by atoms with Gasteiger partial charge < -0.3 is 14.2 Å². The van der Waals surface area contributed by atoms with Crippen LogP contribution in [-0.4, -0.2) is 34.1 Å². The van der Waals surface area contributed by atoms with Gasteiger partial charge in [-0.25, -0.2) is 4.98 Å². The molecule has 0 bridgehead atoms. The third-order valence-corrected chi connectivity index (χ3v) is 5.70. The van der Waals surface area contributed by atoms with Gasteiger partial charge in [0.1, 0.15) is 12.4 Å². The summed E-state index contributed by atoms with van der Waals surface area (Å²) in [5.74, 6) is 0.298. The monoisotopic (exact) mass is 425 g/mol. The summed E-state index contributed by atoms with van der Waals surface area (Å²) in [5.41, 5.74) is 3.40. The van der Waals surface area contributed by atoms with Crippen molar-refractivity contribution in [1.29, 1.82) is 0 Å². The van der Waals surface area contributed by atoms with Crippen LogP contribution < -0.4 is 4.90 Å². The Hall–Kier alpha value is -2.86. The van der Waals surface area contributed by atoms with Gasteiger partial charge in [0.25, 0.3) is 0 Å². The summed E-state index contributed by atoms with van der Waals surface area (Å²) in [7, 11) is 0. The highest BCUT2D eigenvalue weighted by molar-refractivity contribution is 6.31. The SMILES string of the molecule is Cc1ccc(N2C[C@@H](c3nc4ccccc4n3CC(=O)OC(C)C)CC2=O)cc1Cl. The lowest BCUT2D eigenvalue weighted by Gasteiger charge is -2.18. The number of esters is 1. The first-order valence-corrected chi connectivity index (χ1v) is 10.4. The van der Waals surface area contributed by atoms with E-state index in [9.17, 15) is 9.59 Å². The summed E-state index contributed by atoms with van der Waals surface area (Å²) in [6.45, 7) is 6.13. The molecule has 156 valence electrons. The van der Waals surface area contributed by atoms with Gasteiger partial charge in [-0.2, -0.15) is 0 Å². The number of carbonyl (C=O) groups is 2. The Balaban J connectivity index is 1.67. The Kier molecular flexibility index (Phi) is 5.52. The summed E-state index contributed by atoms with van der Waals surface area (Å²) >= 11 is 6.26. The van der Waals surface area contributed by atoms with Crippen molar-refractivity contribution in [3.63, 3.8) is 0 Å². The molecule has 1 aliphatic heterocycles. The van der Waals surface area contributed by atoms with E-state index in [-0.39, 0.29) is 30.4 Å². The van der Waals surface area contributed by atoms with Crippen LogP contribution in [0, 0.1) is 6.92 Å². The number of fused-ring (bicyclic) bond motifs is 1. The number of rotatable bonds is 5. The molecule has 2 heterocycles. The molecule has 4 rings (SSSR count). The number of ether oxygens (including phenoxy) is 1. The number of aryl methyl sites for hydroxylation is 1. The van der Waals surface area contributed by atoms with E-state index >= 15 is 0 Å². The van der Waals surface area contributed by atoms with Crippen molar-refractivity contribution in [2.24, 2.45) is 0 Å². The van der Waals surface area contributed by atoms with Crippen LogP contribution in [0.4, 0.5) is 5.69 Å². The molecule has 0 radical (unpaired) electrons. The third-order valence-electron chi connectivity index (χ3n) is 5.30. The van der Waals surface area contributed by atoms with Crippen molar-refractivity contribution in [2.75, 3.05) is 11.4 Å². The lowest BCUT2D eigenvalue weighted by Crippen LogP contribution is -2.25. The predicted octanol–water partition coefficient (Wildman–Crippen LogP) is 4.47. The standard InChI is InChI=1S/C23H24ClN3O3/c1-14(2)30-22(29)13-27-20-7-5-4-6-19(20)25-23(27)16-10-21(28)26(12-16)17-9-8-15(3)18(24)11-17/h4-9,11,14,16H,10,12-13H2,1-3H3/t16-/m0/s1. The van der Waals surface area contributed by atoms with Crippen molar-refractivity contribution in [3.8, 4) is 0 Å². The van der Waals surface area contributed by atoms with Gasteiger partial charge >= 0.3 is 5.97 Å². The van der Waals surface area contributed by atoms with Crippen molar-refractivity contribution < 1.29 is 14.3 Å². The van der Waals surface area contributed by atoms with Gasteiger partial charge in [-0.1, -0.05) is 29.8 Å². The van der Waals surface area contributed by atoms with Crippen LogP contribution >= 0.6 is 11.6 Å². The number of carbonyl (C=O) groups excluding carboxylic acids is 2. The molecule has 1 fully saturated rings. The Labute approximate surface area is 180 Å². The molecule has 1 aromatic heterocycles. The fraction of sp³-hybridized carbons (Fsp3) is 0.348. The summed E-state index contributed by atoms with van der Waals surface area (Å²) < 4.78 is 7.23. The van der Waals surface area contributed by atoms with Crippen molar-refractivity contribution in [1.82, 2.24) is 9.55 Å². The molecule has 0 aliphatic carbocycles. The molecule has 2 aromatic carbocycles. The van der Waals surface area contributed by atoms with Crippen LogP contribution in [-0.2, 0) is 20.9 Å². The van der Waals surface area contributed by atoms with Gasteiger partial charge in [-0.15, -0.1) is 0 Å². The molecule has 1 aliphatic rings. The van der Waals surface area contributed by atoms with E-state index in [0.29, 0.717) is 18.0 Å². The summed E-state index contributed by atoms with van der Waals surface area (Å²) in [6, 6.07) is 13.3.